The zero-order valence-corrected chi connectivity index (χ0v) is 58.2. The number of hydrogen-bond donors (Lipinski definition) is 0. The SMILES string of the molecule is CC(C)(C)c1ccc2c(c1)c1cc(C(C)(C)C)ccc1n2-c1cccc(-c2ccc3c(c2)B2c4ccc(-c5ccccc5)cc4N(c4c(-c5ccccc5)cccc4-c4ccccc4)c4cc(C56CC7CC(CC(C7)C5)C6)cc(c42)N3c2c(-c3ccccc3)cccc2-c2ccccc2)c1. The molecule has 3 nitrogen and oxygen atoms in total. The second-order valence-corrected chi connectivity index (χ2v) is 31.9. The van der Waals surface area contributed by atoms with E-state index in [0.29, 0.717) is 0 Å². The molecule has 0 amide bonds. The molecule has 20 rings (SSSR count). The number of nitrogens with zero attached hydrogens (tertiary/aromatic N) is 3. The Labute approximate surface area is 590 Å². The Balaban J connectivity index is 0.928. The summed E-state index contributed by atoms with van der Waals surface area (Å²) in [5.74, 6) is 2.24. The first-order chi connectivity index (χ1) is 48.8. The molecule has 4 heteroatoms. The van der Waals surface area contributed by atoms with Crippen molar-refractivity contribution in [3.8, 4) is 72.4 Å². The molecule has 0 spiro atoms. The molecule has 2 aliphatic heterocycles. The standard InChI is InChI=1S/C96H82BN3/c1-94(2,3)73-43-47-85-81(55-73)82-56-74(95(4,5)6)44-48-86(82)98(85)76-36-22-35-70(52-76)71-42-46-87-84(53-71)97-83-45-41-72(65-25-12-7-13-26-65)54-88(83)100(93-79(68-31-18-10-19-32-68)39-24-40-80(93)69-33-20-11-21-34-69)90-58-75(96-59-62-49-63(60-96)51-64(50-62)61-96)57-89(91(90)97)99(87)92-77(66-27-14-8-15-28-66)37-23-38-78(92)67-29-16-9-17-30-67/h7-48,52-58,62-64H,49-51,59-61H2,1-6H3. The van der Waals surface area contributed by atoms with Crippen molar-refractivity contribution in [1.29, 1.82) is 0 Å². The van der Waals surface area contributed by atoms with Crippen molar-refractivity contribution in [2.45, 2.75) is 96.3 Å². The molecule has 4 bridgehead atoms. The van der Waals surface area contributed by atoms with Crippen LogP contribution in [0.2, 0.25) is 0 Å². The Hall–Kier alpha value is -10.7. The summed E-state index contributed by atoms with van der Waals surface area (Å²) < 4.78 is 2.52. The molecule has 0 N–H and O–H groups in total. The summed E-state index contributed by atoms with van der Waals surface area (Å²) in [6.45, 7) is 13.8. The molecule has 0 unspecified atom stereocenters. The number of anilines is 6. The average molecular weight is 1290 g/mol. The Kier molecular flexibility index (Phi) is 14.0. The van der Waals surface area contributed by atoms with E-state index in [-0.39, 0.29) is 23.0 Å². The summed E-state index contributed by atoms with van der Waals surface area (Å²) in [6, 6.07) is 114. The summed E-state index contributed by atoms with van der Waals surface area (Å²) in [4.78, 5) is 5.56. The lowest BCUT2D eigenvalue weighted by Gasteiger charge is -2.57. The van der Waals surface area contributed by atoms with Crippen LogP contribution in [0, 0.1) is 17.8 Å². The molecule has 4 fully saturated rings. The predicted molar refractivity (Wildman–Crippen MR) is 425 cm³/mol. The van der Waals surface area contributed by atoms with Gasteiger partial charge in [-0.3, -0.25) is 0 Å². The highest BCUT2D eigenvalue weighted by molar-refractivity contribution is 7.00. The van der Waals surface area contributed by atoms with Crippen molar-refractivity contribution in [2.75, 3.05) is 9.80 Å². The van der Waals surface area contributed by atoms with E-state index in [2.05, 4.69) is 353 Å². The number of rotatable bonds is 10. The first-order valence-corrected chi connectivity index (χ1v) is 36.6. The van der Waals surface area contributed by atoms with Crippen molar-refractivity contribution in [1.82, 2.24) is 4.57 Å². The third kappa shape index (κ3) is 9.90. The maximum Gasteiger partial charge on any atom is 0.252 e. The number of para-hydroxylation sites is 2. The lowest BCUT2D eigenvalue weighted by atomic mass is 9.33. The quantitative estimate of drug-likeness (QED) is 0.126. The highest BCUT2D eigenvalue weighted by Gasteiger charge is 2.54. The third-order valence-electron chi connectivity index (χ3n) is 23.6. The molecule has 4 aliphatic carbocycles. The topological polar surface area (TPSA) is 11.4 Å². The number of benzene rings is 13. The monoisotopic (exact) mass is 1290 g/mol. The zero-order valence-electron chi connectivity index (χ0n) is 58.2. The van der Waals surface area contributed by atoms with Crippen LogP contribution in [0.5, 0.6) is 0 Å². The predicted octanol–water partition coefficient (Wildman–Crippen LogP) is 23.9. The first kappa shape index (κ1) is 60.5. The lowest BCUT2D eigenvalue weighted by Crippen LogP contribution is -2.61. The molecule has 13 aromatic carbocycles. The summed E-state index contributed by atoms with van der Waals surface area (Å²) in [6.07, 6.45) is 7.84. The molecule has 0 atom stereocenters. The molecular formula is C96H82BN3. The van der Waals surface area contributed by atoms with Crippen LogP contribution in [-0.4, -0.2) is 11.3 Å². The van der Waals surface area contributed by atoms with Gasteiger partial charge in [0, 0.05) is 61.5 Å². The molecule has 6 aliphatic rings. The maximum atomic E-state index is 2.78. The lowest BCUT2D eigenvalue weighted by molar-refractivity contribution is -0.00514. The van der Waals surface area contributed by atoms with E-state index in [4.69, 9.17) is 0 Å². The molecule has 0 radical (unpaired) electrons. The Morgan fingerprint density at radius 1 is 0.320 bits per heavy atom. The fourth-order valence-electron chi connectivity index (χ4n) is 19.3. The van der Waals surface area contributed by atoms with Crippen LogP contribution in [0.3, 0.4) is 0 Å². The van der Waals surface area contributed by atoms with Crippen molar-refractivity contribution >= 4 is 79.0 Å². The van der Waals surface area contributed by atoms with Crippen LogP contribution in [0.15, 0.2) is 297 Å². The van der Waals surface area contributed by atoms with Crippen LogP contribution >= 0.6 is 0 Å². The van der Waals surface area contributed by atoms with Crippen LogP contribution in [0.4, 0.5) is 34.1 Å². The van der Waals surface area contributed by atoms with Crippen LogP contribution in [-0.2, 0) is 16.2 Å². The summed E-state index contributed by atoms with van der Waals surface area (Å²) in [5, 5.41) is 2.59. The summed E-state index contributed by atoms with van der Waals surface area (Å²) in [5.41, 5.74) is 33.4. The summed E-state index contributed by atoms with van der Waals surface area (Å²) >= 11 is 0. The van der Waals surface area contributed by atoms with E-state index in [1.54, 1.807) is 0 Å². The second-order valence-electron chi connectivity index (χ2n) is 31.9. The smallest absolute Gasteiger partial charge is 0.252 e. The highest BCUT2D eigenvalue weighted by atomic mass is 15.2. The van der Waals surface area contributed by atoms with Crippen LogP contribution in [0.1, 0.15) is 96.8 Å². The van der Waals surface area contributed by atoms with Gasteiger partial charge in [0.05, 0.1) is 22.4 Å². The van der Waals surface area contributed by atoms with Crippen LogP contribution < -0.4 is 26.2 Å². The molecular weight excluding hydrogens is 1210 g/mol. The largest absolute Gasteiger partial charge is 0.310 e. The summed E-state index contributed by atoms with van der Waals surface area (Å²) in [7, 11) is 0. The molecule has 0 saturated heterocycles. The molecule has 484 valence electrons. The maximum absolute atomic E-state index is 2.78. The van der Waals surface area contributed by atoms with Gasteiger partial charge >= 0.3 is 0 Å². The van der Waals surface area contributed by atoms with Gasteiger partial charge in [0.25, 0.3) is 6.71 Å². The fourth-order valence-corrected chi connectivity index (χ4v) is 19.3. The second kappa shape index (κ2) is 23.2. The minimum Gasteiger partial charge on any atom is -0.310 e. The van der Waals surface area contributed by atoms with E-state index < -0.39 is 0 Å². The van der Waals surface area contributed by atoms with Crippen molar-refractivity contribution in [3.63, 3.8) is 0 Å². The van der Waals surface area contributed by atoms with Gasteiger partial charge in [-0.15, -0.1) is 0 Å². The van der Waals surface area contributed by atoms with Gasteiger partial charge < -0.3 is 14.4 Å². The van der Waals surface area contributed by atoms with E-state index in [0.717, 1.165) is 23.4 Å². The number of aromatic nitrogens is 1. The van der Waals surface area contributed by atoms with Gasteiger partial charge in [-0.05, 0) is 211 Å². The van der Waals surface area contributed by atoms with Gasteiger partial charge in [-0.1, -0.05) is 278 Å². The van der Waals surface area contributed by atoms with Gasteiger partial charge in [0.15, 0.2) is 0 Å². The molecule has 3 heterocycles. The molecule has 4 saturated carbocycles. The normalized spacial score (nSPS) is 18.1. The molecule has 1 aromatic heterocycles. The van der Waals surface area contributed by atoms with E-state index >= 15 is 0 Å². The Morgan fingerprint density at radius 2 is 0.720 bits per heavy atom. The van der Waals surface area contributed by atoms with Crippen molar-refractivity contribution in [2.24, 2.45) is 17.8 Å². The minimum absolute atomic E-state index is 0.00396. The van der Waals surface area contributed by atoms with Crippen molar-refractivity contribution in [3.05, 3.63) is 314 Å². The van der Waals surface area contributed by atoms with Gasteiger partial charge in [0.1, 0.15) is 0 Å². The first-order valence-electron chi connectivity index (χ1n) is 36.6. The molecule has 14 aromatic rings. The van der Waals surface area contributed by atoms with E-state index in [1.165, 1.54) is 194 Å². The number of hydrogen-bond acceptors (Lipinski definition) is 2. The van der Waals surface area contributed by atoms with Crippen molar-refractivity contribution < 1.29 is 0 Å². The Morgan fingerprint density at radius 3 is 1.18 bits per heavy atom. The van der Waals surface area contributed by atoms with E-state index in [1.807, 2.05) is 0 Å². The van der Waals surface area contributed by atoms with E-state index in [9.17, 15) is 0 Å². The van der Waals surface area contributed by atoms with Gasteiger partial charge in [0.2, 0.25) is 0 Å². The minimum atomic E-state index is -0.166. The van der Waals surface area contributed by atoms with Crippen LogP contribution in [0.25, 0.3) is 94.3 Å². The average Bonchev–Trinajstić information content (AvgIpc) is 0.859. The molecule has 100 heavy (non-hydrogen) atoms. The zero-order chi connectivity index (χ0) is 67.2. The Bertz CT molecular complexity index is 5320. The van der Waals surface area contributed by atoms with Gasteiger partial charge in [-0.2, -0.15) is 0 Å². The van der Waals surface area contributed by atoms with Gasteiger partial charge in [-0.25, -0.2) is 0 Å². The fraction of sp³-hybridized carbons (Fsp3) is 0.188. The highest BCUT2D eigenvalue weighted by Crippen LogP contribution is 2.63. The third-order valence-corrected chi connectivity index (χ3v) is 23.6. The number of fused-ring (bicyclic) bond motifs is 7.